The topological polar surface area (TPSA) is 51.8 Å². The number of thiocarbonyl (C=S) groups is 1. The quantitative estimate of drug-likeness (QED) is 0.778. The fourth-order valence-corrected chi connectivity index (χ4v) is 3.11. The Morgan fingerprint density at radius 3 is 2.54 bits per heavy atom. The second-order valence-corrected chi connectivity index (χ2v) is 6.80. The zero-order valence-electron chi connectivity index (χ0n) is 15.3. The third-order valence-corrected chi connectivity index (χ3v) is 4.28. The number of hydrogen-bond donors (Lipinski definition) is 2. The first kappa shape index (κ1) is 18.3. The van der Waals surface area contributed by atoms with Gasteiger partial charge in [-0.3, -0.25) is 0 Å². The lowest BCUT2D eigenvalue weighted by Crippen LogP contribution is -2.39. The van der Waals surface area contributed by atoms with Crippen molar-refractivity contribution in [1.29, 1.82) is 0 Å². The van der Waals surface area contributed by atoms with Gasteiger partial charge in [0.2, 0.25) is 0 Å². The van der Waals surface area contributed by atoms with Gasteiger partial charge in [0.25, 0.3) is 0 Å². The van der Waals surface area contributed by atoms with E-state index < -0.39 is 0 Å². The predicted octanol–water partition coefficient (Wildman–Crippen LogP) is 3.83. The summed E-state index contributed by atoms with van der Waals surface area (Å²) in [5, 5.41) is 6.95. The number of para-hydroxylation sites is 1. The molecule has 0 aliphatic carbocycles. The molecule has 1 aliphatic rings. The summed E-state index contributed by atoms with van der Waals surface area (Å²) < 4.78 is 17.1. The van der Waals surface area contributed by atoms with Crippen LogP contribution >= 0.6 is 12.2 Å². The largest absolute Gasteiger partial charge is 0.491 e. The number of nitrogens with one attached hydrogen (secondary N) is 2. The molecule has 5 nitrogen and oxygen atoms in total. The summed E-state index contributed by atoms with van der Waals surface area (Å²) in [7, 11) is 0. The van der Waals surface area contributed by atoms with Crippen molar-refractivity contribution in [2.45, 2.75) is 26.8 Å². The van der Waals surface area contributed by atoms with Crippen LogP contribution in [0.1, 0.15) is 18.1 Å². The van der Waals surface area contributed by atoms with Gasteiger partial charge < -0.3 is 24.8 Å². The SMILES string of the molecule is Cc1cccc(C)c1OCC(C)NC(=S)Nc1ccc2c(c1)OCCO2. The number of benzene rings is 2. The van der Waals surface area contributed by atoms with E-state index in [1.54, 1.807) is 0 Å². The molecular formula is C20H24N2O3S. The van der Waals surface area contributed by atoms with Gasteiger partial charge in [-0.25, -0.2) is 0 Å². The van der Waals surface area contributed by atoms with Crippen molar-refractivity contribution in [3.63, 3.8) is 0 Å². The van der Waals surface area contributed by atoms with Crippen LogP contribution in [0.5, 0.6) is 17.2 Å². The summed E-state index contributed by atoms with van der Waals surface area (Å²) in [4.78, 5) is 0. The molecule has 0 bridgehead atoms. The first-order chi connectivity index (χ1) is 12.5. The van der Waals surface area contributed by atoms with Gasteiger partial charge in [-0.1, -0.05) is 18.2 Å². The average molecular weight is 372 g/mol. The van der Waals surface area contributed by atoms with E-state index in [1.807, 2.05) is 31.2 Å². The molecule has 1 heterocycles. The van der Waals surface area contributed by atoms with Crippen molar-refractivity contribution in [3.8, 4) is 17.2 Å². The number of aryl methyl sites for hydroxylation is 2. The molecule has 2 N–H and O–H groups in total. The molecule has 1 aliphatic heterocycles. The smallest absolute Gasteiger partial charge is 0.171 e. The maximum atomic E-state index is 5.97. The zero-order valence-corrected chi connectivity index (χ0v) is 16.1. The highest BCUT2D eigenvalue weighted by atomic mass is 32.1. The Hall–Kier alpha value is -2.47. The Bertz CT molecular complexity index is 774. The second kappa shape index (κ2) is 8.27. The van der Waals surface area contributed by atoms with Crippen molar-refractivity contribution < 1.29 is 14.2 Å². The number of rotatable bonds is 5. The standard InChI is InChI=1S/C20H24N2O3S/c1-13-5-4-6-14(2)19(13)25-12-15(3)21-20(26)22-16-7-8-17-18(11-16)24-10-9-23-17/h4-8,11,15H,9-10,12H2,1-3H3,(H2,21,22,26). The number of anilines is 1. The van der Waals surface area contributed by atoms with Crippen molar-refractivity contribution in [2.24, 2.45) is 0 Å². The monoisotopic (exact) mass is 372 g/mol. The lowest BCUT2D eigenvalue weighted by Gasteiger charge is -2.21. The summed E-state index contributed by atoms with van der Waals surface area (Å²) >= 11 is 5.40. The van der Waals surface area contributed by atoms with Gasteiger partial charge in [0.15, 0.2) is 16.6 Å². The lowest BCUT2D eigenvalue weighted by molar-refractivity contribution is 0.171. The normalized spacial score (nSPS) is 13.7. The molecule has 3 rings (SSSR count). The van der Waals surface area contributed by atoms with Crippen LogP contribution in [-0.4, -0.2) is 31.0 Å². The molecule has 0 aromatic heterocycles. The van der Waals surface area contributed by atoms with E-state index in [0.717, 1.165) is 34.1 Å². The zero-order chi connectivity index (χ0) is 18.5. The summed E-state index contributed by atoms with van der Waals surface area (Å²) in [6.07, 6.45) is 0. The Balaban J connectivity index is 1.51. The molecule has 2 aromatic rings. The molecule has 1 atom stereocenters. The van der Waals surface area contributed by atoms with E-state index in [-0.39, 0.29) is 6.04 Å². The van der Waals surface area contributed by atoms with E-state index in [1.165, 1.54) is 0 Å². The predicted molar refractivity (Wildman–Crippen MR) is 108 cm³/mol. The molecule has 138 valence electrons. The minimum absolute atomic E-state index is 0.0613. The molecule has 6 heteroatoms. The third-order valence-electron chi connectivity index (χ3n) is 4.06. The number of ether oxygens (including phenoxy) is 3. The molecule has 0 saturated carbocycles. The van der Waals surface area contributed by atoms with Crippen molar-refractivity contribution in [3.05, 3.63) is 47.5 Å². The van der Waals surface area contributed by atoms with Gasteiger partial charge in [0.05, 0.1) is 6.04 Å². The second-order valence-electron chi connectivity index (χ2n) is 6.39. The molecule has 0 fully saturated rings. The Morgan fingerprint density at radius 1 is 1.12 bits per heavy atom. The summed E-state index contributed by atoms with van der Waals surface area (Å²) in [6, 6.07) is 11.9. The maximum absolute atomic E-state index is 5.97. The van der Waals surface area contributed by atoms with Crippen molar-refractivity contribution in [1.82, 2.24) is 5.32 Å². The van der Waals surface area contributed by atoms with Crippen LogP contribution in [-0.2, 0) is 0 Å². The van der Waals surface area contributed by atoms with E-state index in [4.69, 9.17) is 26.4 Å². The van der Waals surface area contributed by atoms with Gasteiger partial charge in [-0.2, -0.15) is 0 Å². The fraction of sp³-hybridized carbons (Fsp3) is 0.350. The van der Waals surface area contributed by atoms with Crippen molar-refractivity contribution in [2.75, 3.05) is 25.1 Å². The molecule has 0 saturated heterocycles. The Morgan fingerprint density at radius 2 is 1.81 bits per heavy atom. The van der Waals surface area contributed by atoms with Crippen LogP contribution in [0.3, 0.4) is 0 Å². The van der Waals surface area contributed by atoms with Crippen LogP contribution < -0.4 is 24.8 Å². The van der Waals surface area contributed by atoms with Crippen LogP contribution in [0.15, 0.2) is 36.4 Å². The molecule has 26 heavy (non-hydrogen) atoms. The van der Waals surface area contributed by atoms with Gasteiger partial charge in [-0.15, -0.1) is 0 Å². The Labute approximate surface area is 159 Å². The van der Waals surface area contributed by atoms with Crippen molar-refractivity contribution >= 4 is 23.0 Å². The molecule has 0 radical (unpaired) electrons. The molecule has 1 unspecified atom stereocenters. The molecular weight excluding hydrogens is 348 g/mol. The van der Waals surface area contributed by atoms with E-state index in [2.05, 4.69) is 36.6 Å². The first-order valence-corrected chi connectivity index (χ1v) is 9.10. The van der Waals surface area contributed by atoms with E-state index in [9.17, 15) is 0 Å². The fourth-order valence-electron chi connectivity index (χ4n) is 2.79. The maximum Gasteiger partial charge on any atom is 0.171 e. The molecule has 2 aromatic carbocycles. The minimum Gasteiger partial charge on any atom is -0.491 e. The summed E-state index contributed by atoms with van der Waals surface area (Å²) in [5.41, 5.74) is 3.12. The summed E-state index contributed by atoms with van der Waals surface area (Å²) in [6.45, 7) is 7.80. The van der Waals surface area contributed by atoms with Gasteiger partial charge in [0.1, 0.15) is 25.6 Å². The van der Waals surface area contributed by atoms with Crippen LogP contribution in [0, 0.1) is 13.8 Å². The van der Waals surface area contributed by atoms with Gasteiger partial charge in [-0.05, 0) is 56.2 Å². The first-order valence-electron chi connectivity index (χ1n) is 8.69. The highest BCUT2D eigenvalue weighted by Gasteiger charge is 2.13. The van der Waals surface area contributed by atoms with Crippen LogP contribution in [0.4, 0.5) is 5.69 Å². The third kappa shape index (κ3) is 4.58. The molecule has 0 amide bonds. The van der Waals surface area contributed by atoms with Gasteiger partial charge in [0, 0.05) is 11.8 Å². The highest BCUT2D eigenvalue weighted by Crippen LogP contribution is 2.32. The Kier molecular flexibility index (Phi) is 5.83. The molecule has 0 spiro atoms. The summed E-state index contributed by atoms with van der Waals surface area (Å²) in [5.74, 6) is 2.43. The lowest BCUT2D eigenvalue weighted by atomic mass is 10.1. The van der Waals surface area contributed by atoms with E-state index >= 15 is 0 Å². The van der Waals surface area contributed by atoms with Crippen LogP contribution in [0.2, 0.25) is 0 Å². The van der Waals surface area contributed by atoms with Crippen LogP contribution in [0.25, 0.3) is 0 Å². The van der Waals surface area contributed by atoms with Gasteiger partial charge >= 0.3 is 0 Å². The number of hydrogen-bond acceptors (Lipinski definition) is 4. The number of fused-ring (bicyclic) bond motifs is 1. The minimum atomic E-state index is 0.0613. The average Bonchev–Trinajstić information content (AvgIpc) is 2.61. The van der Waals surface area contributed by atoms with E-state index in [0.29, 0.717) is 24.9 Å². The highest BCUT2D eigenvalue weighted by molar-refractivity contribution is 7.80.